The number of nitrogens with one attached hydrogen (secondary N) is 2. The fourth-order valence-corrected chi connectivity index (χ4v) is 3.74. The molecular formula is C17H32N6S. The van der Waals surface area contributed by atoms with Gasteiger partial charge in [0.15, 0.2) is 11.1 Å². The van der Waals surface area contributed by atoms with Gasteiger partial charge < -0.3 is 15.2 Å². The molecule has 1 heterocycles. The highest BCUT2D eigenvalue weighted by molar-refractivity contribution is 7.98. The first-order chi connectivity index (χ1) is 11.7. The molecule has 1 fully saturated rings. The second-order valence-electron chi connectivity index (χ2n) is 6.57. The molecule has 0 aliphatic heterocycles. The van der Waals surface area contributed by atoms with Crippen LogP contribution in [0, 0.1) is 0 Å². The SMILES string of the molecule is CCNC(=NCCCc1nnc(SC)n1C1CCCC1)NC(C)C. The number of thioether (sulfide) groups is 1. The number of hydrogen-bond acceptors (Lipinski definition) is 4. The van der Waals surface area contributed by atoms with Crippen molar-refractivity contribution in [3.63, 3.8) is 0 Å². The minimum absolute atomic E-state index is 0.386. The zero-order valence-electron chi connectivity index (χ0n) is 15.5. The lowest BCUT2D eigenvalue weighted by atomic mass is 10.2. The van der Waals surface area contributed by atoms with E-state index in [1.807, 2.05) is 0 Å². The predicted molar refractivity (Wildman–Crippen MR) is 102 cm³/mol. The molecule has 0 atom stereocenters. The smallest absolute Gasteiger partial charge is 0.191 e. The molecule has 136 valence electrons. The van der Waals surface area contributed by atoms with Crippen LogP contribution < -0.4 is 10.6 Å². The Balaban J connectivity index is 1.93. The first-order valence-electron chi connectivity index (χ1n) is 9.18. The number of aryl methyl sites for hydroxylation is 1. The predicted octanol–water partition coefficient (Wildman–Crippen LogP) is 3.01. The Bertz CT molecular complexity index is 519. The first-order valence-corrected chi connectivity index (χ1v) is 10.4. The summed E-state index contributed by atoms with van der Waals surface area (Å²) in [5.41, 5.74) is 0. The zero-order valence-corrected chi connectivity index (χ0v) is 16.3. The Hall–Kier alpha value is -1.24. The van der Waals surface area contributed by atoms with Gasteiger partial charge in [-0.2, -0.15) is 0 Å². The van der Waals surface area contributed by atoms with Gasteiger partial charge in [0, 0.05) is 31.6 Å². The van der Waals surface area contributed by atoms with E-state index in [0.717, 1.165) is 42.9 Å². The van der Waals surface area contributed by atoms with Crippen LogP contribution in [0.4, 0.5) is 0 Å². The molecule has 1 saturated carbocycles. The Morgan fingerprint density at radius 2 is 2.08 bits per heavy atom. The maximum atomic E-state index is 4.65. The van der Waals surface area contributed by atoms with Gasteiger partial charge in [-0.3, -0.25) is 4.99 Å². The van der Waals surface area contributed by atoms with Crippen LogP contribution in [0.5, 0.6) is 0 Å². The summed E-state index contributed by atoms with van der Waals surface area (Å²) in [5, 5.41) is 16.5. The molecule has 1 aliphatic rings. The van der Waals surface area contributed by atoms with E-state index in [0.29, 0.717) is 12.1 Å². The standard InChI is InChI=1S/C17H32N6S/c1-5-18-16(20-13(2)3)19-12-8-11-15-21-22-17(24-4)23(15)14-9-6-7-10-14/h13-14H,5-12H2,1-4H3,(H2,18,19,20). The molecular weight excluding hydrogens is 320 g/mol. The normalized spacial score (nSPS) is 16.1. The van der Waals surface area contributed by atoms with E-state index in [9.17, 15) is 0 Å². The van der Waals surface area contributed by atoms with Crippen LogP contribution in [-0.2, 0) is 6.42 Å². The van der Waals surface area contributed by atoms with Crippen molar-refractivity contribution in [2.45, 2.75) is 76.5 Å². The molecule has 1 aliphatic carbocycles. The minimum atomic E-state index is 0.386. The maximum Gasteiger partial charge on any atom is 0.191 e. The topological polar surface area (TPSA) is 67.1 Å². The fraction of sp³-hybridized carbons (Fsp3) is 0.824. The number of nitrogens with zero attached hydrogens (tertiary/aromatic N) is 4. The third-order valence-electron chi connectivity index (χ3n) is 4.21. The highest BCUT2D eigenvalue weighted by Gasteiger charge is 2.23. The monoisotopic (exact) mass is 352 g/mol. The molecule has 0 amide bonds. The number of aromatic nitrogens is 3. The number of guanidine groups is 1. The second kappa shape index (κ2) is 9.91. The molecule has 0 aromatic carbocycles. The summed E-state index contributed by atoms with van der Waals surface area (Å²) in [5.74, 6) is 2.03. The van der Waals surface area contributed by atoms with Crippen molar-refractivity contribution >= 4 is 17.7 Å². The summed E-state index contributed by atoms with van der Waals surface area (Å²) in [7, 11) is 0. The number of hydrogen-bond donors (Lipinski definition) is 2. The average molecular weight is 353 g/mol. The van der Waals surface area contributed by atoms with Gasteiger partial charge in [-0.25, -0.2) is 0 Å². The largest absolute Gasteiger partial charge is 0.357 e. The molecule has 1 aromatic rings. The van der Waals surface area contributed by atoms with Crippen molar-refractivity contribution in [3.8, 4) is 0 Å². The van der Waals surface area contributed by atoms with Crippen molar-refractivity contribution in [2.75, 3.05) is 19.3 Å². The summed E-state index contributed by atoms with van der Waals surface area (Å²) < 4.78 is 2.39. The molecule has 24 heavy (non-hydrogen) atoms. The van der Waals surface area contributed by atoms with Gasteiger partial charge in [0.1, 0.15) is 5.82 Å². The van der Waals surface area contributed by atoms with E-state index < -0.39 is 0 Å². The van der Waals surface area contributed by atoms with Crippen LogP contribution in [0.15, 0.2) is 10.1 Å². The van der Waals surface area contributed by atoms with Crippen LogP contribution >= 0.6 is 11.8 Å². The van der Waals surface area contributed by atoms with E-state index in [-0.39, 0.29) is 0 Å². The summed E-state index contributed by atoms with van der Waals surface area (Å²) >= 11 is 1.70. The highest BCUT2D eigenvalue weighted by Crippen LogP contribution is 2.33. The van der Waals surface area contributed by atoms with Gasteiger partial charge in [0.05, 0.1) is 0 Å². The van der Waals surface area contributed by atoms with Crippen molar-refractivity contribution in [1.82, 2.24) is 25.4 Å². The first kappa shape index (κ1) is 19.1. The summed E-state index contributed by atoms with van der Waals surface area (Å²) in [6.45, 7) is 8.02. The van der Waals surface area contributed by atoms with Crippen molar-refractivity contribution in [2.24, 2.45) is 4.99 Å². The average Bonchev–Trinajstić information content (AvgIpc) is 3.19. The maximum absolute atomic E-state index is 4.65. The summed E-state index contributed by atoms with van der Waals surface area (Å²) in [6, 6.07) is 0.985. The molecule has 2 N–H and O–H groups in total. The Labute approximate surface area is 150 Å². The second-order valence-corrected chi connectivity index (χ2v) is 7.35. The van der Waals surface area contributed by atoms with Gasteiger partial charge in [0.25, 0.3) is 0 Å². The highest BCUT2D eigenvalue weighted by atomic mass is 32.2. The molecule has 0 unspecified atom stereocenters. The Morgan fingerprint density at radius 3 is 2.71 bits per heavy atom. The van der Waals surface area contributed by atoms with Crippen LogP contribution in [0.2, 0.25) is 0 Å². The zero-order chi connectivity index (χ0) is 17.4. The molecule has 0 saturated heterocycles. The summed E-state index contributed by atoms with van der Waals surface area (Å²) in [4.78, 5) is 4.65. The third kappa shape index (κ3) is 5.40. The van der Waals surface area contributed by atoms with E-state index >= 15 is 0 Å². The van der Waals surface area contributed by atoms with Crippen molar-refractivity contribution in [3.05, 3.63) is 5.82 Å². The summed E-state index contributed by atoms with van der Waals surface area (Å²) in [6.07, 6.45) is 9.20. The molecule has 0 radical (unpaired) electrons. The molecule has 2 rings (SSSR count). The quantitative estimate of drug-likeness (QED) is 0.326. The van der Waals surface area contributed by atoms with E-state index in [4.69, 9.17) is 0 Å². The van der Waals surface area contributed by atoms with Gasteiger partial charge in [-0.1, -0.05) is 24.6 Å². The van der Waals surface area contributed by atoms with Crippen LogP contribution in [0.1, 0.15) is 64.7 Å². The molecule has 6 nitrogen and oxygen atoms in total. The Kier molecular flexibility index (Phi) is 7.88. The van der Waals surface area contributed by atoms with Crippen molar-refractivity contribution in [1.29, 1.82) is 0 Å². The van der Waals surface area contributed by atoms with E-state index in [2.05, 4.69) is 57.4 Å². The van der Waals surface area contributed by atoms with Crippen molar-refractivity contribution < 1.29 is 0 Å². The molecule has 0 bridgehead atoms. The van der Waals surface area contributed by atoms with E-state index in [1.165, 1.54) is 25.7 Å². The van der Waals surface area contributed by atoms with Gasteiger partial charge in [0.2, 0.25) is 0 Å². The van der Waals surface area contributed by atoms with Crippen LogP contribution in [0.3, 0.4) is 0 Å². The van der Waals surface area contributed by atoms with Crippen LogP contribution in [-0.4, -0.2) is 46.1 Å². The Morgan fingerprint density at radius 1 is 1.33 bits per heavy atom. The lowest BCUT2D eigenvalue weighted by Crippen LogP contribution is -2.41. The van der Waals surface area contributed by atoms with Gasteiger partial charge in [-0.05, 0) is 46.3 Å². The fourth-order valence-electron chi connectivity index (χ4n) is 3.17. The van der Waals surface area contributed by atoms with Gasteiger partial charge >= 0.3 is 0 Å². The lowest BCUT2D eigenvalue weighted by molar-refractivity contribution is 0.461. The molecule has 0 spiro atoms. The number of rotatable bonds is 8. The van der Waals surface area contributed by atoms with Gasteiger partial charge in [-0.15, -0.1) is 10.2 Å². The third-order valence-corrected chi connectivity index (χ3v) is 4.85. The van der Waals surface area contributed by atoms with Crippen LogP contribution in [0.25, 0.3) is 0 Å². The minimum Gasteiger partial charge on any atom is -0.357 e. The number of aliphatic imine (C=N–C) groups is 1. The molecule has 7 heteroatoms. The lowest BCUT2D eigenvalue weighted by Gasteiger charge is -2.16. The molecule has 1 aromatic heterocycles. The van der Waals surface area contributed by atoms with E-state index in [1.54, 1.807) is 11.8 Å².